The highest BCUT2D eigenvalue weighted by Gasteiger charge is 2.26. The van der Waals surface area contributed by atoms with Crippen LogP contribution in [-0.2, 0) is 0 Å². The monoisotopic (exact) mass is 474 g/mol. The van der Waals surface area contributed by atoms with Crippen LogP contribution in [0, 0.1) is 0 Å². The molecule has 0 aromatic carbocycles. The molecule has 0 aromatic heterocycles. The maximum absolute atomic E-state index is 2.43. The van der Waals surface area contributed by atoms with Crippen molar-refractivity contribution in [2.24, 2.45) is 0 Å². The Morgan fingerprint density at radius 2 is 0.800 bits per heavy atom. The van der Waals surface area contributed by atoms with Gasteiger partial charge in [0.25, 0.3) is 0 Å². The van der Waals surface area contributed by atoms with Crippen molar-refractivity contribution in [2.75, 3.05) is 11.5 Å². The summed E-state index contributed by atoms with van der Waals surface area (Å²) < 4.78 is 0. The van der Waals surface area contributed by atoms with Crippen molar-refractivity contribution in [1.82, 2.24) is 0 Å². The van der Waals surface area contributed by atoms with Crippen LogP contribution in [0.2, 0.25) is 48.4 Å². The summed E-state index contributed by atoms with van der Waals surface area (Å²) in [6.07, 6.45) is 2.89. The summed E-state index contributed by atoms with van der Waals surface area (Å²) in [5, 5.41) is 0. The Balaban J connectivity index is 0. The van der Waals surface area contributed by atoms with E-state index in [9.17, 15) is 0 Å². The van der Waals surface area contributed by atoms with E-state index in [0.29, 0.717) is 0 Å². The fourth-order valence-corrected chi connectivity index (χ4v) is 17.3. The second-order valence-electron chi connectivity index (χ2n) is 7.11. The summed E-state index contributed by atoms with van der Waals surface area (Å²) >= 11 is 0. The maximum atomic E-state index is 2.43. The van der Waals surface area contributed by atoms with E-state index in [4.69, 9.17) is 0 Å². The van der Waals surface area contributed by atoms with Crippen molar-refractivity contribution in [2.45, 2.75) is 103 Å². The Morgan fingerprint density at radius 1 is 0.520 bits per heavy atom. The third kappa shape index (κ3) is 12.3. The molecule has 0 amide bonds. The molecular formula is C18H46S4Si3. The van der Waals surface area contributed by atoms with Crippen molar-refractivity contribution < 1.29 is 0 Å². The number of hydrogen-bond acceptors (Lipinski definition) is 4. The molecule has 0 aliphatic rings. The molecule has 0 rings (SSSR count). The summed E-state index contributed by atoms with van der Waals surface area (Å²) in [5.74, 6) is 2.70. The Hall–Kier alpha value is 2.05. The first kappa shape index (κ1) is 29.3. The molecule has 25 heavy (non-hydrogen) atoms. The quantitative estimate of drug-likeness (QED) is 0.119. The van der Waals surface area contributed by atoms with Crippen LogP contribution in [0.25, 0.3) is 0 Å². The minimum Gasteiger partial charge on any atom is -0.0817 e. The standard InChI is InChI=1S/C18H42S4Si2.H4Si/c1-7-23(8-2,9-3)17-13-15-19-21-22-20-16-14-18-24(10-4,11-5)12-6;/h7-18H2,1-6H3;1H4. The fourth-order valence-electron chi connectivity index (χ4n) is 3.68. The normalized spacial score (nSPS) is 12.2. The molecular weight excluding hydrogens is 429 g/mol. The molecule has 0 saturated carbocycles. The van der Waals surface area contributed by atoms with Crippen LogP contribution < -0.4 is 0 Å². The smallest absolute Gasteiger partial charge is 0.0527 e. The molecule has 0 nitrogen and oxygen atoms in total. The molecule has 0 aromatic rings. The number of rotatable bonds is 17. The maximum Gasteiger partial charge on any atom is 0.0527 e. The van der Waals surface area contributed by atoms with Gasteiger partial charge in [0.15, 0.2) is 0 Å². The minimum atomic E-state index is -0.863. The van der Waals surface area contributed by atoms with Crippen molar-refractivity contribution in [3.8, 4) is 0 Å². The van der Waals surface area contributed by atoms with Crippen molar-refractivity contribution in [3.05, 3.63) is 0 Å². The first-order valence-electron chi connectivity index (χ1n) is 10.1. The second-order valence-corrected chi connectivity index (χ2v) is 24.6. The van der Waals surface area contributed by atoms with Crippen molar-refractivity contribution in [3.63, 3.8) is 0 Å². The van der Waals surface area contributed by atoms with Gasteiger partial charge in [0, 0.05) is 11.5 Å². The summed E-state index contributed by atoms with van der Waals surface area (Å²) in [7, 11) is 6.51. The molecule has 0 atom stereocenters. The lowest BCUT2D eigenvalue weighted by atomic mass is 10.6. The highest BCUT2D eigenvalue weighted by Crippen LogP contribution is 2.44. The molecule has 0 saturated heterocycles. The predicted molar refractivity (Wildman–Crippen MR) is 145 cm³/mol. The summed E-state index contributed by atoms with van der Waals surface area (Å²) in [5.41, 5.74) is 0. The molecule has 0 N–H and O–H groups in total. The van der Waals surface area contributed by atoms with Crippen LogP contribution >= 0.6 is 41.2 Å². The molecule has 0 spiro atoms. The highest BCUT2D eigenvalue weighted by molar-refractivity contribution is 9.26. The minimum absolute atomic E-state index is 0. The first-order chi connectivity index (χ1) is 11.6. The van der Waals surface area contributed by atoms with Gasteiger partial charge in [0.2, 0.25) is 0 Å². The van der Waals surface area contributed by atoms with Gasteiger partial charge < -0.3 is 0 Å². The molecule has 0 heterocycles. The second kappa shape index (κ2) is 18.1. The van der Waals surface area contributed by atoms with Gasteiger partial charge in [-0.1, -0.05) is 111 Å². The summed E-state index contributed by atoms with van der Waals surface area (Å²) in [6, 6.07) is 12.0. The highest BCUT2D eigenvalue weighted by atomic mass is 33.7. The Morgan fingerprint density at radius 3 is 1.04 bits per heavy atom. The Labute approximate surface area is 181 Å². The lowest BCUT2D eigenvalue weighted by molar-refractivity contribution is 1.00. The largest absolute Gasteiger partial charge is 0.0817 e. The third-order valence-electron chi connectivity index (χ3n) is 6.49. The lowest BCUT2D eigenvalue weighted by Crippen LogP contribution is -2.30. The molecule has 0 fully saturated rings. The fraction of sp³-hybridized carbons (Fsp3) is 1.00. The Kier molecular flexibility index (Phi) is 21.2. The van der Waals surface area contributed by atoms with Crippen LogP contribution in [0.15, 0.2) is 0 Å². The van der Waals surface area contributed by atoms with E-state index < -0.39 is 16.1 Å². The predicted octanol–water partition coefficient (Wildman–Crippen LogP) is 8.01. The van der Waals surface area contributed by atoms with Gasteiger partial charge in [-0.2, -0.15) is 0 Å². The third-order valence-corrected chi connectivity index (χ3v) is 25.0. The molecule has 0 aliphatic heterocycles. The van der Waals surface area contributed by atoms with Crippen LogP contribution in [-0.4, -0.2) is 38.6 Å². The van der Waals surface area contributed by atoms with Crippen LogP contribution in [0.1, 0.15) is 54.4 Å². The van der Waals surface area contributed by atoms with Gasteiger partial charge in [0.05, 0.1) is 16.1 Å². The molecule has 0 radical (unpaired) electrons. The Bertz CT molecular complexity index is 241. The molecule has 0 aliphatic carbocycles. The SMILES string of the molecule is CC[Si](CC)(CC)CCCSSSSCCC[Si](CC)(CC)CC.[SiH4]. The zero-order valence-corrected chi connectivity index (χ0v) is 22.4. The van der Waals surface area contributed by atoms with Gasteiger partial charge >= 0.3 is 0 Å². The van der Waals surface area contributed by atoms with E-state index >= 15 is 0 Å². The van der Waals surface area contributed by atoms with E-state index in [1.807, 2.05) is 19.7 Å². The average Bonchev–Trinajstić information content (AvgIpc) is 2.64. The van der Waals surface area contributed by atoms with Crippen LogP contribution in [0.3, 0.4) is 0 Å². The zero-order valence-electron chi connectivity index (χ0n) is 17.1. The van der Waals surface area contributed by atoms with E-state index in [1.54, 1.807) is 12.1 Å². The topological polar surface area (TPSA) is 0 Å². The molecule has 0 bridgehead atoms. The van der Waals surface area contributed by atoms with Gasteiger partial charge in [-0.15, -0.1) is 0 Å². The van der Waals surface area contributed by atoms with Crippen LogP contribution in [0.4, 0.5) is 0 Å². The van der Waals surface area contributed by atoms with E-state index in [-0.39, 0.29) is 11.0 Å². The molecule has 7 heteroatoms. The van der Waals surface area contributed by atoms with E-state index in [0.717, 1.165) is 0 Å². The number of hydrogen-bond donors (Lipinski definition) is 0. The van der Waals surface area contributed by atoms with Crippen molar-refractivity contribution >= 4 is 68.4 Å². The first-order valence-corrected chi connectivity index (χ1v) is 21.0. The van der Waals surface area contributed by atoms with Crippen molar-refractivity contribution in [1.29, 1.82) is 0 Å². The van der Waals surface area contributed by atoms with E-state index in [1.165, 1.54) is 60.6 Å². The van der Waals surface area contributed by atoms with Crippen LogP contribution in [0.5, 0.6) is 0 Å². The zero-order chi connectivity index (χ0) is 18.3. The van der Waals surface area contributed by atoms with Gasteiger partial charge in [-0.05, 0) is 43.5 Å². The average molecular weight is 475 g/mol. The van der Waals surface area contributed by atoms with E-state index in [2.05, 4.69) is 63.1 Å². The summed E-state index contributed by atoms with van der Waals surface area (Å²) in [4.78, 5) is 0. The molecule has 0 unspecified atom stereocenters. The molecule has 154 valence electrons. The summed E-state index contributed by atoms with van der Waals surface area (Å²) in [6.45, 7) is 14.6. The van der Waals surface area contributed by atoms with Gasteiger partial charge in [-0.3, -0.25) is 0 Å². The van der Waals surface area contributed by atoms with Gasteiger partial charge in [-0.25, -0.2) is 0 Å². The lowest BCUT2D eigenvalue weighted by Gasteiger charge is -2.28. The van der Waals surface area contributed by atoms with Gasteiger partial charge in [0.1, 0.15) is 0 Å².